The third kappa shape index (κ3) is 3.13. The van der Waals surface area contributed by atoms with E-state index in [1.165, 1.54) is 16.0 Å². The standard InChI is InChI=1S/C14H17BrN2S/c1-9-5-11(15)7-12(6-9)17-13(8-16)14-10(2)3-4-18-14/h3-7,13,17H,8,16H2,1-2H3. The lowest BCUT2D eigenvalue weighted by molar-refractivity contribution is 0.800. The number of benzene rings is 1. The lowest BCUT2D eigenvalue weighted by atomic mass is 10.1. The van der Waals surface area contributed by atoms with Crippen LogP contribution in [0.1, 0.15) is 22.0 Å². The largest absolute Gasteiger partial charge is 0.376 e. The van der Waals surface area contributed by atoms with Crippen LogP contribution in [0.5, 0.6) is 0 Å². The second kappa shape index (κ2) is 5.87. The summed E-state index contributed by atoms with van der Waals surface area (Å²) in [5, 5.41) is 5.62. The van der Waals surface area contributed by atoms with Crippen LogP contribution in [-0.2, 0) is 0 Å². The SMILES string of the molecule is Cc1cc(Br)cc(NC(CN)c2sccc2C)c1. The lowest BCUT2D eigenvalue weighted by Gasteiger charge is -2.18. The number of nitrogens with one attached hydrogen (secondary N) is 1. The molecule has 4 heteroatoms. The Hall–Kier alpha value is -0.840. The number of hydrogen-bond donors (Lipinski definition) is 2. The molecule has 0 bridgehead atoms. The van der Waals surface area contributed by atoms with Crippen LogP contribution in [-0.4, -0.2) is 6.54 Å². The number of hydrogen-bond acceptors (Lipinski definition) is 3. The monoisotopic (exact) mass is 324 g/mol. The molecule has 2 rings (SSSR count). The minimum Gasteiger partial charge on any atom is -0.376 e. The highest BCUT2D eigenvalue weighted by atomic mass is 79.9. The number of halogens is 1. The van der Waals surface area contributed by atoms with Crippen molar-refractivity contribution in [2.75, 3.05) is 11.9 Å². The Kier molecular flexibility index (Phi) is 4.43. The third-order valence-electron chi connectivity index (χ3n) is 2.84. The molecule has 96 valence electrons. The molecule has 1 heterocycles. The average Bonchev–Trinajstić information content (AvgIpc) is 2.71. The molecule has 0 radical (unpaired) electrons. The van der Waals surface area contributed by atoms with Crippen LogP contribution in [0.25, 0.3) is 0 Å². The topological polar surface area (TPSA) is 38.0 Å². The number of nitrogens with two attached hydrogens (primary N) is 1. The molecule has 0 aliphatic carbocycles. The molecule has 0 saturated carbocycles. The van der Waals surface area contributed by atoms with Crippen molar-refractivity contribution in [1.82, 2.24) is 0 Å². The molecule has 1 aromatic heterocycles. The molecule has 2 nitrogen and oxygen atoms in total. The first-order chi connectivity index (χ1) is 8.60. The number of thiophene rings is 1. The van der Waals surface area contributed by atoms with Crippen LogP contribution >= 0.6 is 27.3 Å². The third-order valence-corrected chi connectivity index (χ3v) is 4.43. The first kappa shape index (κ1) is 13.6. The summed E-state index contributed by atoms with van der Waals surface area (Å²) in [5.41, 5.74) is 9.52. The zero-order valence-corrected chi connectivity index (χ0v) is 12.9. The lowest BCUT2D eigenvalue weighted by Crippen LogP contribution is -2.20. The van der Waals surface area contributed by atoms with E-state index in [4.69, 9.17) is 5.73 Å². The van der Waals surface area contributed by atoms with Crippen LogP contribution in [0.15, 0.2) is 34.1 Å². The van der Waals surface area contributed by atoms with E-state index in [9.17, 15) is 0 Å². The van der Waals surface area contributed by atoms with Gasteiger partial charge in [-0.1, -0.05) is 15.9 Å². The maximum atomic E-state index is 5.89. The molecule has 0 amide bonds. The van der Waals surface area contributed by atoms with Crippen molar-refractivity contribution in [3.8, 4) is 0 Å². The highest BCUT2D eigenvalue weighted by molar-refractivity contribution is 9.10. The van der Waals surface area contributed by atoms with Crippen molar-refractivity contribution in [1.29, 1.82) is 0 Å². The molecule has 0 aliphatic heterocycles. The zero-order chi connectivity index (χ0) is 13.1. The fraction of sp³-hybridized carbons (Fsp3) is 0.286. The molecule has 3 N–H and O–H groups in total. The summed E-state index contributed by atoms with van der Waals surface area (Å²) in [6.07, 6.45) is 0. The van der Waals surface area contributed by atoms with E-state index in [2.05, 4.69) is 64.7 Å². The van der Waals surface area contributed by atoms with Crippen molar-refractivity contribution in [2.24, 2.45) is 5.73 Å². The van der Waals surface area contributed by atoms with Crippen LogP contribution in [0.4, 0.5) is 5.69 Å². The number of anilines is 1. The summed E-state index contributed by atoms with van der Waals surface area (Å²) in [4.78, 5) is 1.31. The maximum Gasteiger partial charge on any atom is 0.0731 e. The molecule has 1 unspecified atom stereocenters. The van der Waals surface area contributed by atoms with Gasteiger partial charge in [-0.3, -0.25) is 0 Å². The maximum absolute atomic E-state index is 5.89. The van der Waals surface area contributed by atoms with Gasteiger partial charge in [0.2, 0.25) is 0 Å². The van der Waals surface area contributed by atoms with Crippen molar-refractivity contribution in [3.05, 3.63) is 50.1 Å². The Labute approximate surface area is 120 Å². The summed E-state index contributed by atoms with van der Waals surface area (Å²) in [6.45, 7) is 4.80. The van der Waals surface area contributed by atoms with Crippen molar-refractivity contribution < 1.29 is 0 Å². The summed E-state index contributed by atoms with van der Waals surface area (Å²) >= 11 is 5.28. The van der Waals surface area contributed by atoms with E-state index in [1.54, 1.807) is 11.3 Å². The van der Waals surface area contributed by atoms with Gasteiger partial charge in [-0.15, -0.1) is 11.3 Å². The summed E-state index contributed by atoms with van der Waals surface area (Å²) < 4.78 is 1.09. The van der Waals surface area contributed by atoms with E-state index in [-0.39, 0.29) is 6.04 Å². The highest BCUT2D eigenvalue weighted by Crippen LogP contribution is 2.28. The molecular formula is C14H17BrN2S. The Morgan fingerprint density at radius 2 is 2.11 bits per heavy atom. The van der Waals surface area contributed by atoms with Gasteiger partial charge in [0.05, 0.1) is 6.04 Å². The van der Waals surface area contributed by atoms with E-state index >= 15 is 0 Å². The molecule has 1 aromatic carbocycles. The van der Waals surface area contributed by atoms with Crippen molar-refractivity contribution >= 4 is 33.0 Å². The Morgan fingerprint density at radius 3 is 2.67 bits per heavy atom. The minimum absolute atomic E-state index is 0.179. The van der Waals surface area contributed by atoms with Gasteiger partial charge in [-0.2, -0.15) is 0 Å². The van der Waals surface area contributed by atoms with E-state index in [0.29, 0.717) is 6.54 Å². The quantitative estimate of drug-likeness (QED) is 0.882. The van der Waals surface area contributed by atoms with Gasteiger partial charge in [0.1, 0.15) is 0 Å². The van der Waals surface area contributed by atoms with Crippen LogP contribution in [0, 0.1) is 13.8 Å². The molecule has 2 aromatic rings. The second-order valence-corrected chi connectivity index (χ2v) is 6.28. The fourth-order valence-corrected chi connectivity index (χ4v) is 3.59. The summed E-state index contributed by atoms with van der Waals surface area (Å²) in [6, 6.07) is 8.63. The van der Waals surface area contributed by atoms with Gasteiger partial charge in [-0.05, 0) is 54.6 Å². The Balaban J connectivity index is 2.23. The first-order valence-electron chi connectivity index (χ1n) is 5.88. The van der Waals surface area contributed by atoms with Crippen molar-refractivity contribution in [3.63, 3.8) is 0 Å². The van der Waals surface area contributed by atoms with Gasteiger partial charge in [0.25, 0.3) is 0 Å². The first-order valence-corrected chi connectivity index (χ1v) is 7.55. The minimum atomic E-state index is 0.179. The predicted octanol–water partition coefficient (Wildman–Crippen LogP) is 4.24. The van der Waals surface area contributed by atoms with Crippen LogP contribution in [0.3, 0.4) is 0 Å². The van der Waals surface area contributed by atoms with Gasteiger partial charge in [0, 0.05) is 21.6 Å². The van der Waals surface area contributed by atoms with E-state index in [1.807, 2.05) is 0 Å². The number of aryl methyl sites for hydroxylation is 2. The summed E-state index contributed by atoms with van der Waals surface area (Å²) in [7, 11) is 0. The molecule has 0 saturated heterocycles. The highest BCUT2D eigenvalue weighted by Gasteiger charge is 2.13. The Morgan fingerprint density at radius 1 is 1.33 bits per heavy atom. The predicted molar refractivity (Wildman–Crippen MR) is 83.4 cm³/mol. The fourth-order valence-electron chi connectivity index (χ4n) is 1.99. The average molecular weight is 325 g/mol. The van der Waals surface area contributed by atoms with Crippen LogP contribution in [0.2, 0.25) is 0 Å². The Bertz CT molecular complexity index is 516. The zero-order valence-electron chi connectivity index (χ0n) is 10.5. The summed E-state index contributed by atoms with van der Waals surface area (Å²) in [5.74, 6) is 0. The second-order valence-electron chi connectivity index (χ2n) is 4.42. The van der Waals surface area contributed by atoms with Gasteiger partial charge in [0.15, 0.2) is 0 Å². The van der Waals surface area contributed by atoms with Gasteiger partial charge in [-0.25, -0.2) is 0 Å². The molecule has 1 atom stereocenters. The van der Waals surface area contributed by atoms with E-state index < -0.39 is 0 Å². The van der Waals surface area contributed by atoms with Crippen LogP contribution < -0.4 is 11.1 Å². The molecule has 0 aliphatic rings. The smallest absolute Gasteiger partial charge is 0.0731 e. The molecule has 0 fully saturated rings. The van der Waals surface area contributed by atoms with E-state index in [0.717, 1.165) is 10.2 Å². The van der Waals surface area contributed by atoms with Gasteiger partial charge >= 0.3 is 0 Å². The molecule has 18 heavy (non-hydrogen) atoms. The van der Waals surface area contributed by atoms with Gasteiger partial charge < -0.3 is 11.1 Å². The van der Waals surface area contributed by atoms with Crippen molar-refractivity contribution in [2.45, 2.75) is 19.9 Å². The molecular weight excluding hydrogens is 308 g/mol. The normalized spacial score (nSPS) is 12.4. The number of rotatable bonds is 4. The molecule has 0 spiro atoms.